The van der Waals surface area contributed by atoms with Crippen molar-refractivity contribution in [2.75, 3.05) is 13.7 Å². The Labute approximate surface area is 118 Å². The quantitative estimate of drug-likeness (QED) is 0.876. The van der Waals surface area contributed by atoms with E-state index in [1.165, 1.54) is 4.88 Å². The lowest BCUT2D eigenvalue weighted by Crippen LogP contribution is -2.18. The van der Waals surface area contributed by atoms with E-state index in [-0.39, 0.29) is 0 Å². The summed E-state index contributed by atoms with van der Waals surface area (Å²) in [5.74, 6) is 1.55. The van der Waals surface area contributed by atoms with E-state index in [9.17, 15) is 0 Å². The summed E-state index contributed by atoms with van der Waals surface area (Å²) < 4.78 is 5.16. The van der Waals surface area contributed by atoms with Crippen LogP contribution in [0.15, 0.2) is 30.5 Å². The van der Waals surface area contributed by atoms with Crippen LogP contribution in [-0.4, -0.2) is 18.6 Å². The van der Waals surface area contributed by atoms with Crippen LogP contribution >= 0.6 is 11.3 Å². The van der Waals surface area contributed by atoms with Gasteiger partial charge in [0, 0.05) is 23.2 Å². The van der Waals surface area contributed by atoms with Crippen LogP contribution in [0.3, 0.4) is 0 Å². The van der Waals surface area contributed by atoms with Crippen molar-refractivity contribution in [2.45, 2.75) is 20.4 Å². The predicted octanol–water partition coefficient (Wildman–Crippen LogP) is 3.56. The Bertz CT molecular complexity index is 505. The molecule has 0 radical (unpaired) electrons. The molecule has 0 amide bonds. The van der Waals surface area contributed by atoms with Gasteiger partial charge in [-0.05, 0) is 36.7 Å². The number of methoxy groups -OCH3 is 1. The third-order valence-electron chi connectivity index (χ3n) is 2.74. The number of nitrogens with one attached hydrogen (secondary N) is 1. The van der Waals surface area contributed by atoms with E-state index in [4.69, 9.17) is 4.74 Å². The van der Waals surface area contributed by atoms with E-state index in [2.05, 4.69) is 24.1 Å². The maximum Gasteiger partial charge on any atom is 0.123 e. The Balaban J connectivity index is 1.99. The van der Waals surface area contributed by atoms with Crippen molar-refractivity contribution in [3.63, 3.8) is 0 Å². The zero-order valence-electron chi connectivity index (χ0n) is 11.6. The smallest absolute Gasteiger partial charge is 0.123 e. The first kappa shape index (κ1) is 14.0. The van der Waals surface area contributed by atoms with Gasteiger partial charge in [-0.1, -0.05) is 13.8 Å². The fourth-order valence-electron chi connectivity index (χ4n) is 1.74. The van der Waals surface area contributed by atoms with Crippen LogP contribution < -0.4 is 10.1 Å². The molecule has 102 valence electrons. The van der Waals surface area contributed by atoms with Crippen LogP contribution in [0.25, 0.3) is 10.6 Å². The van der Waals surface area contributed by atoms with Gasteiger partial charge in [0.1, 0.15) is 10.8 Å². The molecule has 0 aliphatic heterocycles. The molecule has 1 aromatic heterocycles. The first-order valence-electron chi connectivity index (χ1n) is 6.49. The van der Waals surface area contributed by atoms with E-state index in [1.807, 2.05) is 30.5 Å². The van der Waals surface area contributed by atoms with Crippen LogP contribution in [0, 0.1) is 5.92 Å². The van der Waals surface area contributed by atoms with Crippen LogP contribution in [0.1, 0.15) is 18.7 Å². The molecule has 0 aliphatic carbocycles. The van der Waals surface area contributed by atoms with Crippen molar-refractivity contribution < 1.29 is 4.74 Å². The minimum absolute atomic E-state index is 0.675. The number of thiazole rings is 1. The zero-order valence-corrected chi connectivity index (χ0v) is 12.5. The molecule has 0 spiro atoms. The highest BCUT2D eigenvalue weighted by Gasteiger charge is 2.05. The summed E-state index contributed by atoms with van der Waals surface area (Å²) in [6, 6.07) is 8.02. The number of rotatable bonds is 6. The minimum atomic E-state index is 0.675. The summed E-state index contributed by atoms with van der Waals surface area (Å²) in [5, 5.41) is 4.49. The molecule has 0 bridgehead atoms. The predicted molar refractivity (Wildman–Crippen MR) is 80.6 cm³/mol. The van der Waals surface area contributed by atoms with E-state index >= 15 is 0 Å². The standard InChI is InChI=1S/C15H20N2OS/c1-11(2)8-16-9-14-10-17-15(19-14)12-4-6-13(18-3)7-5-12/h4-7,10-11,16H,8-9H2,1-3H3. The second kappa shape index (κ2) is 6.68. The summed E-state index contributed by atoms with van der Waals surface area (Å²) >= 11 is 1.74. The van der Waals surface area contributed by atoms with Gasteiger partial charge in [-0.15, -0.1) is 11.3 Å². The number of nitrogens with zero attached hydrogens (tertiary/aromatic N) is 1. The summed E-state index contributed by atoms with van der Waals surface area (Å²) in [6.07, 6.45) is 1.96. The lowest BCUT2D eigenvalue weighted by Gasteiger charge is -2.04. The number of benzene rings is 1. The largest absolute Gasteiger partial charge is 0.497 e. The van der Waals surface area contributed by atoms with Gasteiger partial charge in [0.2, 0.25) is 0 Å². The third-order valence-corrected chi connectivity index (χ3v) is 3.79. The molecule has 0 fully saturated rings. The maximum atomic E-state index is 5.16. The second-order valence-corrected chi connectivity index (χ2v) is 6.00. The summed E-state index contributed by atoms with van der Waals surface area (Å²) in [6.45, 7) is 6.35. The molecule has 0 saturated carbocycles. The van der Waals surface area contributed by atoms with Crippen LogP contribution in [0.2, 0.25) is 0 Å². The molecular formula is C15H20N2OS. The third kappa shape index (κ3) is 4.04. The van der Waals surface area contributed by atoms with Crippen molar-refractivity contribution in [3.05, 3.63) is 35.3 Å². The van der Waals surface area contributed by atoms with Gasteiger partial charge < -0.3 is 10.1 Å². The highest BCUT2D eigenvalue weighted by atomic mass is 32.1. The van der Waals surface area contributed by atoms with Gasteiger partial charge in [0.25, 0.3) is 0 Å². The van der Waals surface area contributed by atoms with Crippen molar-refractivity contribution >= 4 is 11.3 Å². The van der Waals surface area contributed by atoms with Gasteiger partial charge in [-0.25, -0.2) is 4.98 Å². The van der Waals surface area contributed by atoms with Gasteiger partial charge >= 0.3 is 0 Å². The van der Waals surface area contributed by atoms with Gasteiger partial charge in [-0.3, -0.25) is 0 Å². The zero-order chi connectivity index (χ0) is 13.7. The minimum Gasteiger partial charge on any atom is -0.497 e. The number of aromatic nitrogens is 1. The monoisotopic (exact) mass is 276 g/mol. The lowest BCUT2D eigenvalue weighted by molar-refractivity contribution is 0.415. The van der Waals surface area contributed by atoms with E-state index in [1.54, 1.807) is 18.4 Å². The number of hydrogen-bond acceptors (Lipinski definition) is 4. The molecule has 1 aromatic carbocycles. The molecular weight excluding hydrogens is 256 g/mol. The molecule has 1 heterocycles. The van der Waals surface area contributed by atoms with Crippen LogP contribution in [0.5, 0.6) is 5.75 Å². The summed E-state index contributed by atoms with van der Waals surface area (Å²) in [7, 11) is 1.68. The molecule has 0 saturated heterocycles. The molecule has 3 nitrogen and oxygen atoms in total. The summed E-state index contributed by atoms with van der Waals surface area (Å²) in [4.78, 5) is 5.75. The van der Waals surface area contributed by atoms with Gasteiger partial charge in [0.05, 0.1) is 7.11 Å². The van der Waals surface area contributed by atoms with Crippen LogP contribution in [-0.2, 0) is 6.54 Å². The first-order valence-corrected chi connectivity index (χ1v) is 7.30. The van der Waals surface area contributed by atoms with E-state index in [0.717, 1.165) is 29.4 Å². The van der Waals surface area contributed by atoms with Crippen LogP contribution in [0.4, 0.5) is 0 Å². The molecule has 0 unspecified atom stereocenters. The molecule has 1 N–H and O–H groups in total. The Morgan fingerprint density at radius 1 is 1.26 bits per heavy atom. The second-order valence-electron chi connectivity index (χ2n) is 4.88. The lowest BCUT2D eigenvalue weighted by atomic mass is 10.2. The van der Waals surface area contributed by atoms with Crippen molar-refractivity contribution in [3.8, 4) is 16.3 Å². The highest BCUT2D eigenvalue weighted by molar-refractivity contribution is 7.15. The Morgan fingerprint density at radius 3 is 2.63 bits per heavy atom. The topological polar surface area (TPSA) is 34.1 Å². The van der Waals surface area contributed by atoms with E-state index < -0.39 is 0 Å². The van der Waals surface area contributed by atoms with Crippen molar-refractivity contribution in [1.29, 1.82) is 0 Å². The number of ether oxygens (including phenoxy) is 1. The molecule has 19 heavy (non-hydrogen) atoms. The SMILES string of the molecule is COc1ccc(-c2ncc(CNCC(C)C)s2)cc1. The van der Waals surface area contributed by atoms with Gasteiger partial charge in [-0.2, -0.15) is 0 Å². The molecule has 0 atom stereocenters. The number of hydrogen-bond donors (Lipinski definition) is 1. The van der Waals surface area contributed by atoms with E-state index in [0.29, 0.717) is 5.92 Å². The molecule has 4 heteroatoms. The first-order chi connectivity index (χ1) is 9.19. The fourth-order valence-corrected chi connectivity index (χ4v) is 2.63. The summed E-state index contributed by atoms with van der Waals surface area (Å²) in [5.41, 5.74) is 1.14. The highest BCUT2D eigenvalue weighted by Crippen LogP contribution is 2.26. The average molecular weight is 276 g/mol. The Morgan fingerprint density at radius 2 is 2.00 bits per heavy atom. The van der Waals surface area contributed by atoms with Crippen molar-refractivity contribution in [1.82, 2.24) is 10.3 Å². The normalized spacial score (nSPS) is 10.9. The maximum absolute atomic E-state index is 5.16. The molecule has 0 aliphatic rings. The average Bonchev–Trinajstić information content (AvgIpc) is 2.87. The van der Waals surface area contributed by atoms with Crippen molar-refractivity contribution in [2.24, 2.45) is 5.92 Å². The Kier molecular flexibility index (Phi) is 4.93. The Hall–Kier alpha value is -1.39. The molecule has 2 aromatic rings. The van der Waals surface area contributed by atoms with Gasteiger partial charge in [0.15, 0.2) is 0 Å². The molecule has 2 rings (SSSR count). The fraction of sp³-hybridized carbons (Fsp3) is 0.400.